The molecule has 134 valence electrons. The van der Waals surface area contributed by atoms with Gasteiger partial charge in [-0.25, -0.2) is 4.98 Å². The molecule has 0 saturated carbocycles. The van der Waals surface area contributed by atoms with E-state index >= 15 is 0 Å². The first kappa shape index (κ1) is 19.4. The first-order valence-corrected chi connectivity index (χ1v) is 9.99. The van der Waals surface area contributed by atoms with Crippen LogP contribution in [0.5, 0.6) is 0 Å². The van der Waals surface area contributed by atoms with Gasteiger partial charge in [-0.05, 0) is 25.3 Å². The molecule has 0 aliphatic heterocycles. The summed E-state index contributed by atoms with van der Waals surface area (Å²) in [7, 11) is 0. The molecule has 0 aliphatic rings. The van der Waals surface area contributed by atoms with E-state index in [0.29, 0.717) is 27.2 Å². The average Bonchev–Trinajstić information content (AvgIpc) is 3.17. The standard InChI is InChI=1S/C15H17N3O4S3/c1-3-22-11(19)6-9-7-24-15(17-9)25-8(2)13(21)18-14-10(12(16)20)4-5-23-14/h4-5,7-8H,3,6H2,1-2H3,(H2,16,20)(H,18,21)/t8-/m1/s1. The molecule has 7 nitrogen and oxygen atoms in total. The van der Waals surface area contributed by atoms with Crippen LogP contribution in [0.4, 0.5) is 5.00 Å². The van der Waals surface area contributed by atoms with E-state index < -0.39 is 11.2 Å². The molecule has 0 aromatic carbocycles. The summed E-state index contributed by atoms with van der Waals surface area (Å²) in [6.07, 6.45) is 0.114. The zero-order valence-corrected chi connectivity index (χ0v) is 16.1. The van der Waals surface area contributed by atoms with Crippen LogP contribution in [-0.4, -0.2) is 34.6 Å². The van der Waals surface area contributed by atoms with Gasteiger partial charge in [0.2, 0.25) is 5.91 Å². The number of amides is 2. The van der Waals surface area contributed by atoms with Crippen molar-refractivity contribution in [2.45, 2.75) is 29.9 Å². The van der Waals surface area contributed by atoms with E-state index in [1.54, 1.807) is 30.7 Å². The number of thioether (sulfide) groups is 1. The number of nitrogens with two attached hydrogens (primary N) is 1. The molecular formula is C15H17N3O4S3. The smallest absolute Gasteiger partial charge is 0.311 e. The minimum Gasteiger partial charge on any atom is -0.466 e. The molecule has 10 heteroatoms. The molecule has 25 heavy (non-hydrogen) atoms. The number of hydrogen-bond acceptors (Lipinski definition) is 8. The number of thiophene rings is 1. The maximum absolute atomic E-state index is 12.3. The molecule has 2 heterocycles. The van der Waals surface area contributed by atoms with Crippen molar-refractivity contribution in [1.29, 1.82) is 0 Å². The Kier molecular flexibility index (Phi) is 6.97. The van der Waals surface area contributed by atoms with Gasteiger partial charge in [0.25, 0.3) is 5.91 Å². The highest BCUT2D eigenvalue weighted by Gasteiger charge is 2.20. The highest BCUT2D eigenvalue weighted by atomic mass is 32.2. The molecule has 0 fully saturated rings. The molecule has 0 spiro atoms. The third kappa shape index (κ3) is 5.55. The summed E-state index contributed by atoms with van der Waals surface area (Å²) in [6, 6.07) is 1.57. The minimum absolute atomic E-state index is 0.114. The van der Waals surface area contributed by atoms with Crippen molar-refractivity contribution >= 4 is 57.2 Å². The van der Waals surface area contributed by atoms with Gasteiger partial charge in [0.05, 0.1) is 29.5 Å². The normalized spacial score (nSPS) is 11.8. The van der Waals surface area contributed by atoms with E-state index in [2.05, 4.69) is 10.3 Å². The van der Waals surface area contributed by atoms with Gasteiger partial charge in [-0.15, -0.1) is 22.7 Å². The van der Waals surface area contributed by atoms with Gasteiger partial charge in [-0.3, -0.25) is 14.4 Å². The van der Waals surface area contributed by atoms with Crippen LogP contribution >= 0.6 is 34.4 Å². The number of ether oxygens (including phenoxy) is 1. The van der Waals surface area contributed by atoms with Crippen LogP contribution in [0.1, 0.15) is 29.9 Å². The molecule has 0 aliphatic carbocycles. The Balaban J connectivity index is 1.93. The van der Waals surface area contributed by atoms with E-state index in [9.17, 15) is 14.4 Å². The summed E-state index contributed by atoms with van der Waals surface area (Å²) in [5, 5.41) is 6.18. The maximum Gasteiger partial charge on any atom is 0.311 e. The molecule has 0 saturated heterocycles. The Labute approximate surface area is 157 Å². The largest absolute Gasteiger partial charge is 0.466 e. The number of anilines is 1. The fourth-order valence-corrected chi connectivity index (χ4v) is 4.58. The van der Waals surface area contributed by atoms with Crippen molar-refractivity contribution in [1.82, 2.24) is 4.98 Å². The lowest BCUT2D eigenvalue weighted by molar-refractivity contribution is -0.142. The van der Waals surface area contributed by atoms with Gasteiger partial charge in [0, 0.05) is 5.38 Å². The maximum atomic E-state index is 12.3. The van der Waals surface area contributed by atoms with Crippen molar-refractivity contribution in [2.75, 3.05) is 11.9 Å². The topological polar surface area (TPSA) is 111 Å². The Hall–Kier alpha value is -1.91. The second kappa shape index (κ2) is 8.97. The van der Waals surface area contributed by atoms with Gasteiger partial charge in [-0.2, -0.15) is 0 Å². The van der Waals surface area contributed by atoms with Crippen LogP contribution in [0, 0.1) is 0 Å². The summed E-state index contributed by atoms with van der Waals surface area (Å²) in [4.78, 5) is 39.4. The zero-order valence-electron chi connectivity index (χ0n) is 13.6. The van der Waals surface area contributed by atoms with E-state index in [1.807, 2.05) is 0 Å². The number of carbonyl (C=O) groups is 3. The molecule has 1 atom stereocenters. The van der Waals surface area contributed by atoms with Crippen molar-refractivity contribution in [3.8, 4) is 0 Å². The highest BCUT2D eigenvalue weighted by molar-refractivity contribution is 8.02. The van der Waals surface area contributed by atoms with E-state index in [0.717, 1.165) is 0 Å². The van der Waals surface area contributed by atoms with Gasteiger partial charge in [-0.1, -0.05) is 11.8 Å². The molecule has 2 rings (SSSR count). The van der Waals surface area contributed by atoms with Crippen molar-refractivity contribution < 1.29 is 19.1 Å². The minimum atomic E-state index is -0.583. The van der Waals surface area contributed by atoms with Gasteiger partial charge in [0.1, 0.15) is 5.00 Å². The lowest BCUT2D eigenvalue weighted by atomic mass is 10.3. The molecule has 0 unspecified atom stereocenters. The zero-order chi connectivity index (χ0) is 18.4. The van der Waals surface area contributed by atoms with E-state index in [4.69, 9.17) is 10.5 Å². The molecule has 2 aromatic rings. The number of carbonyl (C=O) groups excluding carboxylic acids is 3. The second-order valence-electron chi connectivity index (χ2n) is 4.86. The fourth-order valence-electron chi connectivity index (χ4n) is 1.80. The third-order valence-electron chi connectivity index (χ3n) is 2.98. The monoisotopic (exact) mass is 399 g/mol. The molecule has 0 radical (unpaired) electrons. The summed E-state index contributed by atoms with van der Waals surface area (Å²) in [6.45, 7) is 3.82. The number of hydrogen-bond donors (Lipinski definition) is 2. The van der Waals surface area contributed by atoms with Crippen molar-refractivity contribution in [3.05, 3.63) is 28.1 Å². The molecule has 0 bridgehead atoms. The molecule has 2 amide bonds. The first-order valence-electron chi connectivity index (χ1n) is 7.35. The first-order chi connectivity index (χ1) is 11.9. The van der Waals surface area contributed by atoms with Gasteiger partial charge in [0.15, 0.2) is 4.34 Å². The van der Waals surface area contributed by atoms with Crippen molar-refractivity contribution in [3.63, 3.8) is 0 Å². The Morgan fingerprint density at radius 1 is 1.40 bits per heavy atom. The van der Waals surface area contributed by atoms with E-state index in [1.165, 1.54) is 34.4 Å². The molecule has 3 N–H and O–H groups in total. The number of nitrogens with zero attached hydrogens (tertiary/aromatic N) is 1. The Morgan fingerprint density at radius 2 is 2.16 bits per heavy atom. The van der Waals surface area contributed by atoms with Crippen LogP contribution in [0.25, 0.3) is 0 Å². The van der Waals surface area contributed by atoms with E-state index in [-0.39, 0.29) is 18.3 Å². The SMILES string of the molecule is CCOC(=O)Cc1csc(S[C@H](C)C(=O)Nc2sccc2C(N)=O)n1. The van der Waals surface area contributed by atoms with Crippen LogP contribution in [0.15, 0.2) is 21.2 Å². The number of primary amides is 1. The second-order valence-corrected chi connectivity index (χ2v) is 8.23. The predicted octanol–water partition coefficient (Wildman–Crippen LogP) is 2.53. The lowest BCUT2D eigenvalue weighted by Gasteiger charge is -2.10. The predicted molar refractivity (Wildman–Crippen MR) is 99.2 cm³/mol. The number of thiazole rings is 1. The van der Waals surface area contributed by atoms with Crippen LogP contribution < -0.4 is 11.1 Å². The highest BCUT2D eigenvalue weighted by Crippen LogP contribution is 2.29. The summed E-state index contributed by atoms with van der Waals surface area (Å²) in [5.74, 6) is -1.16. The lowest BCUT2D eigenvalue weighted by Crippen LogP contribution is -2.23. The van der Waals surface area contributed by atoms with Gasteiger partial charge >= 0.3 is 5.97 Å². The number of nitrogens with one attached hydrogen (secondary N) is 1. The van der Waals surface area contributed by atoms with Crippen molar-refractivity contribution in [2.24, 2.45) is 5.73 Å². The number of rotatable bonds is 8. The molecule has 2 aromatic heterocycles. The summed E-state index contributed by atoms with van der Waals surface area (Å²) < 4.78 is 5.57. The third-order valence-corrected chi connectivity index (χ3v) is 5.93. The fraction of sp³-hybridized carbons (Fsp3) is 0.333. The summed E-state index contributed by atoms with van der Waals surface area (Å²) >= 11 is 3.88. The van der Waals surface area contributed by atoms with Crippen LogP contribution in [-0.2, 0) is 20.7 Å². The van der Waals surface area contributed by atoms with Gasteiger partial charge < -0.3 is 15.8 Å². The average molecular weight is 400 g/mol. The Bertz CT molecular complexity index is 772. The number of esters is 1. The quantitative estimate of drug-likeness (QED) is 0.521. The van der Waals surface area contributed by atoms with Crippen LogP contribution in [0.3, 0.4) is 0 Å². The number of aromatic nitrogens is 1. The summed E-state index contributed by atoms with van der Waals surface area (Å²) in [5.41, 5.74) is 6.17. The Morgan fingerprint density at radius 3 is 2.84 bits per heavy atom. The molecular weight excluding hydrogens is 382 g/mol. The van der Waals surface area contributed by atoms with Crippen LogP contribution in [0.2, 0.25) is 0 Å².